The molecule has 0 bridgehead atoms. The SMILES string of the molecule is CNC(CCO)c1ccc(OC)c(C)c1C. The van der Waals surface area contributed by atoms with Gasteiger partial charge in [0.2, 0.25) is 0 Å². The average molecular weight is 223 g/mol. The number of nitrogens with one attached hydrogen (secondary N) is 1. The summed E-state index contributed by atoms with van der Waals surface area (Å²) >= 11 is 0. The second-order valence-corrected chi connectivity index (χ2v) is 3.96. The van der Waals surface area contributed by atoms with Gasteiger partial charge in [-0.15, -0.1) is 0 Å². The van der Waals surface area contributed by atoms with Gasteiger partial charge in [-0.2, -0.15) is 0 Å². The van der Waals surface area contributed by atoms with Gasteiger partial charge in [-0.3, -0.25) is 0 Å². The molecule has 0 aliphatic rings. The molecule has 1 atom stereocenters. The quantitative estimate of drug-likeness (QED) is 0.801. The first-order chi connectivity index (χ1) is 7.65. The largest absolute Gasteiger partial charge is 0.496 e. The normalized spacial score (nSPS) is 12.6. The van der Waals surface area contributed by atoms with E-state index in [0.717, 1.165) is 17.7 Å². The lowest BCUT2D eigenvalue weighted by Crippen LogP contribution is -2.19. The van der Waals surface area contributed by atoms with E-state index in [2.05, 4.69) is 25.2 Å². The zero-order valence-electron chi connectivity index (χ0n) is 10.5. The molecule has 0 saturated carbocycles. The number of hydrogen-bond acceptors (Lipinski definition) is 3. The molecular weight excluding hydrogens is 202 g/mol. The first-order valence-electron chi connectivity index (χ1n) is 5.57. The number of hydrogen-bond donors (Lipinski definition) is 2. The van der Waals surface area contributed by atoms with Crippen LogP contribution in [-0.4, -0.2) is 25.9 Å². The Morgan fingerprint density at radius 1 is 1.31 bits per heavy atom. The standard InChI is InChI=1S/C13H21NO2/c1-9-10(2)13(16-4)6-5-11(9)12(14-3)7-8-15/h5-6,12,14-15H,7-8H2,1-4H3. The van der Waals surface area contributed by atoms with Crippen molar-refractivity contribution in [2.24, 2.45) is 0 Å². The van der Waals surface area contributed by atoms with Crippen LogP contribution in [0.4, 0.5) is 0 Å². The third-order valence-electron chi connectivity index (χ3n) is 3.14. The van der Waals surface area contributed by atoms with Crippen LogP contribution in [-0.2, 0) is 0 Å². The molecule has 1 rings (SSSR count). The molecule has 16 heavy (non-hydrogen) atoms. The summed E-state index contributed by atoms with van der Waals surface area (Å²) in [5, 5.41) is 12.2. The van der Waals surface area contributed by atoms with E-state index in [1.807, 2.05) is 13.1 Å². The number of rotatable bonds is 5. The zero-order chi connectivity index (χ0) is 12.1. The summed E-state index contributed by atoms with van der Waals surface area (Å²) in [5.74, 6) is 0.917. The maximum Gasteiger partial charge on any atom is 0.122 e. The highest BCUT2D eigenvalue weighted by Crippen LogP contribution is 2.28. The van der Waals surface area contributed by atoms with Crippen molar-refractivity contribution in [3.8, 4) is 5.75 Å². The van der Waals surface area contributed by atoms with Crippen LogP contribution in [0.3, 0.4) is 0 Å². The fourth-order valence-corrected chi connectivity index (χ4v) is 2.00. The summed E-state index contributed by atoms with van der Waals surface area (Å²) in [6.07, 6.45) is 0.725. The average Bonchev–Trinajstić information content (AvgIpc) is 2.30. The van der Waals surface area contributed by atoms with Crippen molar-refractivity contribution in [2.45, 2.75) is 26.3 Å². The highest BCUT2D eigenvalue weighted by atomic mass is 16.5. The first-order valence-corrected chi connectivity index (χ1v) is 5.57. The molecule has 0 spiro atoms. The Morgan fingerprint density at radius 3 is 2.50 bits per heavy atom. The molecule has 3 heteroatoms. The first kappa shape index (κ1) is 13.0. The third-order valence-corrected chi connectivity index (χ3v) is 3.14. The topological polar surface area (TPSA) is 41.5 Å². The molecule has 1 aromatic carbocycles. The summed E-state index contributed by atoms with van der Waals surface area (Å²) in [6, 6.07) is 4.26. The molecule has 2 N–H and O–H groups in total. The van der Waals surface area contributed by atoms with Crippen LogP contribution in [0.1, 0.15) is 29.2 Å². The van der Waals surface area contributed by atoms with Gasteiger partial charge in [0.25, 0.3) is 0 Å². The molecular formula is C13H21NO2. The van der Waals surface area contributed by atoms with Crippen LogP contribution in [0, 0.1) is 13.8 Å². The lowest BCUT2D eigenvalue weighted by Gasteiger charge is -2.20. The fraction of sp³-hybridized carbons (Fsp3) is 0.538. The van der Waals surface area contributed by atoms with Crippen LogP contribution >= 0.6 is 0 Å². The zero-order valence-corrected chi connectivity index (χ0v) is 10.5. The van der Waals surface area contributed by atoms with Gasteiger partial charge < -0.3 is 15.2 Å². The van der Waals surface area contributed by atoms with E-state index >= 15 is 0 Å². The van der Waals surface area contributed by atoms with Gasteiger partial charge in [-0.1, -0.05) is 6.07 Å². The Hall–Kier alpha value is -1.06. The van der Waals surface area contributed by atoms with Gasteiger partial charge in [0.15, 0.2) is 0 Å². The van der Waals surface area contributed by atoms with Crippen molar-refractivity contribution in [3.05, 3.63) is 28.8 Å². The van der Waals surface area contributed by atoms with Gasteiger partial charge in [0.1, 0.15) is 5.75 Å². The minimum Gasteiger partial charge on any atom is -0.496 e. The molecule has 0 fully saturated rings. The van der Waals surface area contributed by atoms with E-state index in [0.29, 0.717) is 0 Å². The molecule has 90 valence electrons. The third kappa shape index (κ3) is 2.54. The summed E-state index contributed by atoms with van der Waals surface area (Å²) in [4.78, 5) is 0. The summed E-state index contributed by atoms with van der Waals surface area (Å²) in [7, 11) is 3.60. The van der Waals surface area contributed by atoms with Gasteiger partial charge >= 0.3 is 0 Å². The predicted molar refractivity (Wildman–Crippen MR) is 66.0 cm³/mol. The number of ether oxygens (including phenoxy) is 1. The van der Waals surface area contributed by atoms with Gasteiger partial charge in [0, 0.05) is 12.6 Å². The molecule has 0 amide bonds. The number of aliphatic hydroxyl groups excluding tert-OH is 1. The minimum absolute atomic E-state index is 0.190. The van der Waals surface area contributed by atoms with Gasteiger partial charge in [-0.05, 0) is 50.1 Å². The van der Waals surface area contributed by atoms with Crippen molar-refractivity contribution in [1.82, 2.24) is 5.32 Å². The van der Waals surface area contributed by atoms with Gasteiger partial charge in [-0.25, -0.2) is 0 Å². The highest BCUT2D eigenvalue weighted by Gasteiger charge is 2.14. The molecule has 0 aromatic heterocycles. The molecule has 0 heterocycles. The molecule has 0 aliphatic heterocycles. The van der Waals surface area contributed by atoms with Crippen molar-refractivity contribution in [1.29, 1.82) is 0 Å². The van der Waals surface area contributed by atoms with Gasteiger partial charge in [0.05, 0.1) is 7.11 Å². The second kappa shape index (κ2) is 5.87. The van der Waals surface area contributed by atoms with Crippen LogP contribution < -0.4 is 10.1 Å². The molecule has 0 aliphatic carbocycles. The van der Waals surface area contributed by atoms with E-state index in [9.17, 15) is 0 Å². The van der Waals surface area contributed by atoms with Crippen molar-refractivity contribution in [3.63, 3.8) is 0 Å². The molecule has 3 nitrogen and oxygen atoms in total. The van der Waals surface area contributed by atoms with Crippen molar-refractivity contribution >= 4 is 0 Å². The van der Waals surface area contributed by atoms with Crippen LogP contribution in [0.25, 0.3) is 0 Å². The lowest BCUT2D eigenvalue weighted by molar-refractivity contribution is 0.268. The number of aliphatic hydroxyl groups is 1. The summed E-state index contributed by atoms with van der Waals surface area (Å²) in [5.41, 5.74) is 3.63. The van der Waals surface area contributed by atoms with E-state index in [1.165, 1.54) is 11.1 Å². The highest BCUT2D eigenvalue weighted by molar-refractivity contribution is 5.44. The van der Waals surface area contributed by atoms with Crippen LogP contribution in [0.5, 0.6) is 5.75 Å². The molecule has 1 unspecified atom stereocenters. The smallest absolute Gasteiger partial charge is 0.122 e. The fourth-order valence-electron chi connectivity index (χ4n) is 2.00. The predicted octanol–water partition coefficient (Wildman–Crippen LogP) is 1.95. The number of benzene rings is 1. The second-order valence-electron chi connectivity index (χ2n) is 3.96. The minimum atomic E-state index is 0.190. The Morgan fingerprint density at radius 2 is 2.00 bits per heavy atom. The summed E-state index contributed by atoms with van der Waals surface area (Å²) < 4.78 is 5.28. The van der Waals surface area contributed by atoms with Crippen molar-refractivity contribution < 1.29 is 9.84 Å². The van der Waals surface area contributed by atoms with Crippen LogP contribution in [0.2, 0.25) is 0 Å². The maximum absolute atomic E-state index is 9.03. The Bertz CT molecular complexity index is 350. The molecule has 1 aromatic rings. The Kier molecular flexibility index (Phi) is 4.77. The monoisotopic (exact) mass is 223 g/mol. The van der Waals surface area contributed by atoms with E-state index in [-0.39, 0.29) is 12.6 Å². The molecule has 0 saturated heterocycles. The number of methoxy groups -OCH3 is 1. The van der Waals surface area contributed by atoms with E-state index < -0.39 is 0 Å². The Balaban J connectivity index is 3.09. The maximum atomic E-state index is 9.03. The molecule has 0 radical (unpaired) electrons. The van der Waals surface area contributed by atoms with E-state index in [4.69, 9.17) is 9.84 Å². The Labute approximate surface area is 97.4 Å². The van der Waals surface area contributed by atoms with E-state index in [1.54, 1.807) is 7.11 Å². The van der Waals surface area contributed by atoms with Crippen molar-refractivity contribution in [2.75, 3.05) is 20.8 Å². The van der Waals surface area contributed by atoms with Crippen LogP contribution in [0.15, 0.2) is 12.1 Å². The lowest BCUT2D eigenvalue weighted by atomic mass is 9.95. The summed E-state index contributed by atoms with van der Waals surface area (Å²) in [6.45, 7) is 4.34.